The number of rotatable bonds is 3. The predicted molar refractivity (Wildman–Crippen MR) is 65.9 cm³/mol. The summed E-state index contributed by atoms with van der Waals surface area (Å²) >= 11 is 0. The number of aromatic nitrogens is 3. The average Bonchev–Trinajstić information content (AvgIpc) is 3.06. The number of nitrogens with one attached hydrogen (secondary N) is 3. The van der Waals surface area contributed by atoms with Crippen molar-refractivity contribution in [3.63, 3.8) is 0 Å². The van der Waals surface area contributed by atoms with Crippen molar-refractivity contribution in [3.05, 3.63) is 24.2 Å². The molecule has 0 unspecified atom stereocenters. The highest BCUT2D eigenvalue weighted by Gasteiger charge is 2.44. The lowest BCUT2D eigenvalue weighted by Crippen LogP contribution is -2.55. The molecule has 1 fully saturated rings. The number of pyridine rings is 1. The number of carbonyl (C=O) groups excluding carboxylic acids is 1. The van der Waals surface area contributed by atoms with Crippen molar-refractivity contribution >= 4 is 23.0 Å². The second-order valence-corrected chi connectivity index (χ2v) is 4.70. The van der Waals surface area contributed by atoms with E-state index in [0.29, 0.717) is 23.3 Å². The first kappa shape index (κ1) is 12.5. The zero-order valence-electron chi connectivity index (χ0n) is 10.5. The van der Waals surface area contributed by atoms with Crippen LogP contribution in [0.25, 0.3) is 11.2 Å². The van der Waals surface area contributed by atoms with Gasteiger partial charge in [-0.05, 0) is 6.07 Å². The van der Waals surface area contributed by atoms with E-state index in [1.807, 2.05) is 0 Å². The quantitative estimate of drug-likeness (QED) is 0.689. The zero-order valence-corrected chi connectivity index (χ0v) is 10.5. The van der Waals surface area contributed by atoms with Crippen LogP contribution in [-0.2, 0) is 9.53 Å². The number of aromatic amines is 2. The molecule has 1 aliphatic heterocycles. The van der Waals surface area contributed by atoms with Crippen LogP contribution in [0.5, 0.6) is 0 Å². The molecule has 1 aliphatic rings. The normalized spacial score (nSPS) is 22.0. The minimum absolute atomic E-state index is 0.0278. The van der Waals surface area contributed by atoms with Crippen molar-refractivity contribution in [2.75, 3.05) is 13.2 Å². The van der Waals surface area contributed by atoms with Crippen LogP contribution in [0.3, 0.4) is 0 Å². The zero-order chi connectivity index (χ0) is 14.2. The summed E-state index contributed by atoms with van der Waals surface area (Å²) in [7, 11) is 0. The lowest BCUT2D eigenvalue weighted by atomic mass is 9.98. The van der Waals surface area contributed by atoms with Gasteiger partial charge in [0.15, 0.2) is 17.4 Å². The minimum atomic E-state index is -1.35. The van der Waals surface area contributed by atoms with Crippen molar-refractivity contribution in [1.82, 2.24) is 15.3 Å². The number of imidazole rings is 1. The van der Waals surface area contributed by atoms with E-state index in [1.54, 1.807) is 12.4 Å². The van der Waals surface area contributed by atoms with Crippen LogP contribution < -0.4 is 10.3 Å². The van der Waals surface area contributed by atoms with E-state index in [1.165, 1.54) is 6.20 Å². The number of H-pyrrole nitrogens is 2. The van der Waals surface area contributed by atoms with Gasteiger partial charge in [0.2, 0.25) is 0 Å². The number of aliphatic carboxylic acids is 1. The van der Waals surface area contributed by atoms with E-state index in [4.69, 9.17) is 4.74 Å². The number of carboxylic acid groups (broad SMARTS) is 1. The molecule has 1 amide bonds. The molecule has 0 aliphatic carbocycles. The van der Waals surface area contributed by atoms with E-state index in [-0.39, 0.29) is 13.0 Å². The van der Waals surface area contributed by atoms with E-state index >= 15 is 0 Å². The molecule has 0 spiro atoms. The Kier molecular flexibility index (Phi) is 2.87. The minimum Gasteiger partial charge on any atom is -0.479 e. The summed E-state index contributed by atoms with van der Waals surface area (Å²) in [5, 5.41) is 11.8. The maximum Gasteiger partial charge on any atom is 0.331 e. The van der Waals surface area contributed by atoms with Gasteiger partial charge in [-0.15, -0.1) is 4.98 Å². The van der Waals surface area contributed by atoms with Gasteiger partial charge in [0.1, 0.15) is 6.20 Å². The van der Waals surface area contributed by atoms with Gasteiger partial charge < -0.3 is 15.2 Å². The fourth-order valence-electron chi connectivity index (χ4n) is 2.17. The summed E-state index contributed by atoms with van der Waals surface area (Å²) in [6.07, 6.45) is 3.25. The van der Waals surface area contributed by atoms with Crippen LogP contribution in [-0.4, -0.2) is 45.7 Å². The molecule has 0 aromatic carbocycles. The third-order valence-electron chi connectivity index (χ3n) is 3.37. The molecular formula is C12H13N4O4+. The van der Waals surface area contributed by atoms with Gasteiger partial charge in [-0.1, -0.05) is 0 Å². The summed E-state index contributed by atoms with van der Waals surface area (Å²) in [5.41, 5.74) is 0.234. The van der Waals surface area contributed by atoms with E-state index in [9.17, 15) is 14.7 Å². The summed E-state index contributed by atoms with van der Waals surface area (Å²) in [4.78, 5) is 33.4. The molecule has 1 atom stereocenters. The van der Waals surface area contributed by atoms with Crippen LogP contribution >= 0.6 is 0 Å². The molecule has 2 aromatic heterocycles. The third-order valence-corrected chi connectivity index (χ3v) is 3.37. The highest BCUT2D eigenvalue weighted by molar-refractivity contribution is 5.99. The number of ether oxygens (including phenoxy) is 1. The summed E-state index contributed by atoms with van der Waals surface area (Å²) in [5.74, 6) is -1.58. The number of carboxylic acids is 1. The first-order valence-electron chi connectivity index (χ1n) is 6.09. The molecule has 1 saturated heterocycles. The molecule has 20 heavy (non-hydrogen) atoms. The first-order chi connectivity index (χ1) is 9.61. The fourth-order valence-corrected chi connectivity index (χ4v) is 2.17. The van der Waals surface area contributed by atoms with Crippen molar-refractivity contribution in [2.45, 2.75) is 12.0 Å². The molecular weight excluding hydrogens is 264 g/mol. The van der Waals surface area contributed by atoms with Crippen LogP contribution in [0.2, 0.25) is 0 Å². The van der Waals surface area contributed by atoms with Gasteiger partial charge in [0, 0.05) is 13.0 Å². The van der Waals surface area contributed by atoms with E-state index < -0.39 is 17.4 Å². The molecule has 3 heterocycles. The van der Waals surface area contributed by atoms with Crippen LogP contribution in [0.4, 0.5) is 0 Å². The van der Waals surface area contributed by atoms with Crippen molar-refractivity contribution in [2.24, 2.45) is 0 Å². The Morgan fingerprint density at radius 2 is 2.40 bits per heavy atom. The Bertz CT molecular complexity index is 675. The third kappa shape index (κ3) is 1.99. The smallest absolute Gasteiger partial charge is 0.331 e. The van der Waals surface area contributed by atoms with Gasteiger partial charge in [-0.25, -0.2) is 9.78 Å². The number of amides is 1. The summed E-state index contributed by atoms with van der Waals surface area (Å²) < 4.78 is 5.09. The Balaban J connectivity index is 1.86. The maximum atomic E-state index is 12.2. The molecule has 3 rings (SSSR count). The molecule has 104 valence electrons. The van der Waals surface area contributed by atoms with E-state index in [2.05, 4.69) is 20.3 Å². The summed E-state index contributed by atoms with van der Waals surface area (Å²) in [6.45, 7) is 0.287. The topological polar surface area (TPSA) is 118 Å². The second kappa shape index (κ2) is 4.57. The van der Waals surface area contributed by atoms with Gasteiger partial charge >= 0.3 is 5.97 Å². The Hall–Kier alpha value is -2.48. The molecule has 2 aromatic rings. The SMILES string of the molecule is O=C(N[C@@]1(C(=O)O)CCOC1)c1cnc2[nH+]c[nH]c2c1. The molecule has 0 bridgehead atoms. The number of nitrogens with zero attached hydrogens (tertiary/aromatic N) is 1. The lowest BCUT2D eigenvalue weighted by molar-refractivity contribution is -0.347. The largest absolute Gasteiger partial charge is 0.479 e. The molecule has 0 radical (unpaired) electrons. The first-order valence-corrected chi connectivity index (χ1v) is 6.09. The Morgan fingerprint density at radius 1 is 1.55 bits per heavy atom. The maximum absolute atomic E-state index is 12.2. The number of fused-ring (bicyclic) bond motifs is 1. The molecule has 0 saturated carbocycles. The highest BCUT2D eigenvalue weighted by Crippen LogP contribution is 2.20. The predicted octanol–water partition coefficient (Wildman–Crippen LogP) is -0.649. The highest BCUT2D eigenvalue weighted by atomic mass is 16.5. The fraction of sp³-hybridized carbons (Fsp3) is 0.333. The number of hydrogen-bond acceptors (Lipinski definition) is 4. The second-order valence-electron chi connectivity index (χ2n) is 4.70. The average molecular weight is 277 g/mol. The molecule has 4 N–H and O–H groups in total. The van der Waals surface area contributed by atoms with Crippen molar-refractivity contribution in [1.29, 1.82) is 0 Å². The van der Waals surface area contributed by atoms with Gasteiger partial charge in [0.05, 0.1) is 12.2 Å². The number of hydrogen-bond donors (Lipinski definition) is 3. The van der Waals surface area contributed by atoms with Gasteiger partial charge in [0.25, 0.3) is 11.6 Å². The van der Waals surface area contributed by atoms with Crippen LogP contribution in [0, 0.1) is 0 Å². The molecule has 8 nitrogen and oxygen atoms in total. The van der Waals surface area contributed by atoms with Gasteiger partial charge in [-0.3, -0.25) is 9.78 Å². The molecule has 8 heteroatoms. The van der Waals surface area contributed by atoms with E-state index in [0.717, 1.165) is 0 Å². The summed E-state index contributed by atoms with van der Waals surface area (Å²) in [6, 6.07) is 1.61. The van der Waals surface area contributed by atoms with Crippen LogP contribution in [0.15, 0.2) is 18.6 Å². The van der Waals surface area contributed by atoms with Crippen molar-refractivity contribution in [3.8, 4) is 0 Å². The number of carbonyl (C=O) groups is 2. The van der Waals surface area contributed by atoms with Crippen molar-refractivity contribution < 1.29 is 24.4 Å². The van der Waals surface area contributed by atoms with Gasteiger partial charge in [-0.2, -0.15) is 0 Å². The van der Waals surface area contributed by atoms with Crippen LogP contribution in [0.1, 0.15) is 16.8 Å². The standard InChI is InChI=1S/C12H12N4O4/c17-10(16-12(11(18)19)1-2-20-5-12)7-3-8-9(13-4-7)15-6-14-8/h3-4,6H,1-2,5H2,(H,16,17)(H,18,19)(H,13,14,15)/p+1/t12-/m0/s1. The Morgan fingerprint density at radius 3 is 3.10 bits per heavy atom. The monoisotopic (exact) mass is 277 g/mol. The lowest BCUT2D eigenvalue weighted by Gasteiger charge is -2.23. The Labute approximate surface area is 113 Å².